The van der Waals surface area contributed by atoms with Crippen molar-refractivity contribution in [1.29, 1.82) is 0 Å². The number of hydrogen-bond donors (Lipinski definition) is 0. The van der Waals surface area contributed by atoms with E-state index in [1.54, 1.807) is 38.7 Å². The summed E-state index contributed by atoms with van der Waals surface area (Å²) in [6.45, 7) is 0. The normalized spacial score (nSPS) is 10.6. The summed E-state index contributed by atoms with van der Waals surface area (Å²) in [5.41, 5.74) is 9.50. The van der Waals surface area contributed by atoms with Gasteiger partial charge >= 0.3 is 0 Å². The molecule has 1 aliphatic carbocycles. The molecule has 0 unspecified atom stereocenters. The van der Waals surface area contributed by atoms with E-state index in [1.165, 1.54) is 27.6 Å². The second-order valence-electron chi connectivity index (χ2n) is 8.65. The third-order valence-electron chi connectivity index (χ3n) is 6.45. The maximum absolute atomic E-state index is 5.13. The average molecular weight is 686 g/mol. The van der Waals surface area contributed by atoms with Crippen molar-refractivity contribution in [2.75, 3.05) is 14.2 Å². The van der Waals surface area contributed by atoms with Gasteiger partial charge in [0.1, 0.15) is 11.5 Å². The van der Waals surface area contributed by atoms with E-state index in [0.29, 0.717) is 0 Å². The number of aromatic nitrogens is 3. The van der Waals surface area contributed by atoms with Crippen molar-refractivity contribution in [3.63, 3.8) is 0 Å². The molecule has 3 aromatic carbocycles. The fourth-order valence-electron chi connectivity index (χ4n) is 4.65. The number of pyridine rings is 3. The molecular weight excluding hydrogens is 663 g/mol. The van der Waals surface area contributed by atoms with Gasteiger partial charge < -0.3 is 14.5 Å². The summed E-state index contributed by atoms with van der Waals surface area (Å²) in [6, 6.07) is 36.6. The maximum atomic E-state index is 5.13. The number of nitrogens with zero attached hydrogens (tertiary/aromatic N) is 3. The Bertz CT molecular complexity index is 1710. The molecule has 3 aromatic heterocycles. The van der Waals surface area contributed by atoms with Crippen molar-refractivity contribution in [3.05, 3.63) is 116 Å². The molecule has 1 aliphatic rings. The molecule has 0 bridgehead atoms. The number of benzene rings is 3. The molecule has 6 aromatic rings. The van der Waals surface area contributed by atoms with Crippen molar-refractivity contribution < 1.29 is 29.6 Å². The minimum Gasteiger partial charge on any atom is -0.497 e. The summed E-state index contributed by atoms with van der Waals surface area (Å²) in [7, 11) is 3.25. The van der Waals surface area contributed by atoms with Gasteiger partial charge in [0.05, 0.1) is 25.6 Å². The Kier molecular flexibility index (Phi) is 7.78. The Balaban J connectivity index is 0.000000163. The van der Waals surface area contributed by atoms with E-state index in [2.05, 4.69) is 58.5 Å². The first-order valence-corrected chi connectivity index (χ1v) is 12.2. The minimum atomic E-state index is 0. The van der Waals surface area contributed by atoms with Gasteiger partial charge in [-0.3, -0.25) is 9.97 Å². The predicted molar refractivity (Wildman–Crippen MR) is 150 cm³/mol. The van der Waals surface area contributed by atoms with Crippen LogP contribution in [0, 0.1) is 12.1 Å². The monoisotopic (exact) mass is 686 g/mol. The Morgan fingerprint density at radius 3 is 1.85 bits per heavy atom. The summed E-state index contributed by atoms with van der Waals surface area (Å²) < 4.78 is 10.3. The SMILES string of the molecule is COc1ccnc(-c2cc(OC)ccn2)c1.[Ir].[c-]1ccccc1-c1cc2c3c(cc[c-]c3n1)-c1ccccc1-2. The molecule has 0 aliphatic heterocycles. The van der Waals surface area contributed by atoms with E-state index in [-0.39, 0.29) is 20.1 Å². The third kappa shape index (κ3) is 5.17. The molecule has 0 saturated carbocycles. The van der Waals surface area contributed by atoms with Gasteiger partial charge in [-0.05, 0) is 29.0 Å². The van der Waals surface area contributed by atoms with Crippen LogP contribution in [0.5, 0.6) is 11.5 Å². The molecule has 1 radical (unpaired) electrons. The Labute approximate surface area is 240 Å². The van der Waals surface area contributed by atoms with E-state index in [9.17, 15) is 0 Å². The number of ether oxygens (including phenoxy) is 2. The van der Waals surface area contributed by atoms with Crippen LogP contribution in [0.3, 0.4) is 0 Å². The molecule has 5 nitrogen and oxygen atoms in total. The predicted octanol–water partition coefficient (Wildman–Crippen LogP) is 7.31. The van der Waals surface area contributed by atoms with Crippen molar-refractivity contribution in [2.24, 2.45) is 0 Å². The van der Waals surface area contributed by atoms with Crippen molar-refractivity contribution in [2.45, 2.75) is 0 Å². The quantitative estimate of drug-likeness (QED) is 0.182. The summed E-state index contributed by atoms with van der Waals surface area (Å²) in [6.07, 6.45) is 3.38. The molecule has 0 fully saturated rings. The van der Waals surface area contributed by atoms with Crippen LogP contribution in [0.1, 0.15) is 0 Å². The summed E-state index contributed by atoms with van der Waals surface area (Å²) in [5.74, 6) is 1.52. The zero-order chi connectivity index (χ0) is 25.9. The van der Waals surface area contributed by atoms with Crippen molar-refractivity contribution in [3.8, 4) is 56.4 Å². The zero-order valence-electron chi connectivity index (χ0n) is 21.3. The molecular formula is C33H23IrN3O2-2. The molecule has 0 atom stereocenters. The Hall–Kier alpha value is -4.38. The smallest absolute Gasteiger partial charge is 0.122 e. The van der Waals surface area contributed by atoms with Gasteiger partial charge in [-0.2, -0.15) is 18.2 Å². The first-order valence-electron chi connectivity index (χ1n) is 12.2. The van der Waals surface area contributed by atoms with Crippen LogP contribution in [0.4, 0.5) is 0 Å². The molecule has 0 saturated heterocycles. The molecule has 0 N–H and O–H groups in total. The van der Waals surface area contributed by atoms with Gasteiger partial charge in [-0.25, -0.2) is 0 Å². The molecule has 0 amide bonds. The number of rotatable bonds is 4. The fraction of sp³-hybridized carbons (Fsp3) is 0.0606. The molecule has 0 spiro atoms. The first-order chi connectivity index (χ1) is 18.7. The Morgan fingerprint density at radius 1 is 0.590 bits per heavy atom. The second-order valence-corrected chi connectivity index (χ2v) is 8.65. The molecule has 6 heteroatoms. The summed E-state index contributed by atoms with van der Waals surface area (Å²) in [5, 5.41) is 1.21. The van der Waals surface area contributed by atoms with Gasteiger partial charge in [0, 0.05) is 44.6 Å². The fourth-order valence-corrected chi connectivity index (χ4v) is 4.65. The standard InChI is InChI=1S/C21H11N.C12H12N2O2.Ir/c1-2-7-14(8-3-1)20-13-18-16-10-5-4-9-15(16)17-11-6-12-19(22-20)21(17)18;1-15-9-3-5-13-11(7-9)12-8-10(16-2)4-6-14-12;/h1-7,9-11,13H;3-8H,1-2H3;/q-2;;. The summed E-state index contributed by atoms with van der Waals surface area (Å²) in [4.78, 5) is 13.3. The van der Waals surface area contributed by atoms with Gasteiger partial charge in [-0.1, -0.05) is 46.8 Å². The van der Waals surface area contributed by atoms with Gasteiger partial charge in [0.2, 0.25) is 0 Å². The topological polar surface area (TPSA) is 57.1 Å². The molecule has 7 rings (SSSR count). The number of fused-ring (bicyclic) bond motifs is 3. The van der Waals surface area contributed by atoms with Gasteiger partial charge in [0.15, 0.2) is 0 Å². The van der Waals surface area contributed by atoms with Crippen LogP contribution in [-0.2, 0) is 20.1 Å². The third-order valence-corrected chi connectivity index (χ3v) is 6.45. The van der Waals surface area contributed by atoms with Crippen LogP contribution in [-0.4, -0.2) is 29.2 Å². The van der Waals surface area contributed by atoms with Gasteiger partial charge in [0.25, 0.3) is 0 Å². The van der Waals surface area contributed by atoms with E-state index in [0.717, 1.165) is 39.7 Å². The van der Waals surface area contributed by atoms with E-state index in [1.807, 2.05) is 42.5 Å². The van der Waals surface area contributed by atoms with Crippen LogP contribution in [0.2, 0.25) is 0 Å². The minimum absolute atomic E-state index is 0. The van der Waals surface area contributed by atoms with Crippen LogP contribution in [0.15, 0.2) is 103 Å². The van der Waals surface area contributed by atoms with E-state index < -0.39 is 0 Å². The number of methoxy groups -OCH3 is 2. The molecule has 39 heavy (non-hydrogen) atoms. The first kappa shape index (κ1) is 26.2. The Morgan fingerprint density at radius 2 is 1.23 bits per heavy atom. The second kappa shape index (κ2) is 11.6. The van der Waals surface area contributed by atoms with Crippen molar-refractivity contribution >= 4 is 10.9 Å². The number of hydrogen-bond acceptors (Lipinski definition) is 5. The van der Waals surface area contributed by atoms with E-state index in [4.69, 9.17) is 14.5 Å². The molecule has 3 heterocycles. The van der Waals surface area contributed by atoms with E-state index >= 15 is 0 Å². The van der Waals surface area contributed by atoms with Crippen LogP contribution < -0.4 is 9.47 Å². The summed E-state index contributed by atoms with van der Waals surface area (Å²) >= 11 is 0. The van der Waals surface area contributed by atoms with Crippen molar-refractivity contribution in [1.82, 2.24) is 15.0 Å². The van der Waals surface area contributed by atoms with Gasteiger partial charge in [-0.15, -0.1) is 41.5 Å². The van der Waals surface area contributed by atoms with Crippen LogP contribution >= 0.6 is 0 Å². The molecule has 193 valence electrons. The van der Waals surface area contributed by atoms with Crippen LogP contribution in [0.25, 0.3) is 55.8 Å². The largest absolute Gasteiger partial charge is 0.497 e. The average Bonchev–Trinajstić information content (AvgIpc) is 3.33. The maximum Gasteiger partial charge on any atom is 0.122 e. The zero-order valence-corrected chi connectivity index (χ0v) is 23.7.